The fourth-order valence-corrected chi connectivity index (χ4v) is 1.76. The van der Waals surface area contributed by atoms with Crippen molar-refractivity contribution in [3.8, 4) is 0 Å². The van der Waals surface area contributed by atoms with Gasteiger partial charge in [-0.2, -0.15) is 0 Å². The summed E-state index contributed by atoms with van der Waals surface area (Å²) in [6, 6.07) is 4.35. The summed E-state index contributed by atoms with van der Waals surface area (Å²) < 4.78 is 0. The standard InChI is InChI=1S/C11H16N4O.2ClH/c1-13-11(16)10-3-2-8(6-14-10)15-9-4-7(12)5-9;;/h2-3,6-7,9,15H,4-5,12H2,1H3,(H,13,16);2*1H. The number of halogens is 2. The lowest BCUT2D eigenvalue weighted by Gasteiger charge is -2.33. The second-order valence-corrected chi connectivity index (χ2v) is 4.08. The van der Waals surface area contributed by atoms with E-state index in [2.05, 4.69) is 15.6 Å². The smallest absolute Gasteiger partial charge is 0.269 e. The largest absolute Gasteiger partial charge is 0.381 e. The first kappa shape index (κ1) is 17.0. The van der Waals surface area contributed by atoms with Crippen molar-refractivity contribution in [3.05, 3.63) is 24.0 Å². The zero-order valence-corrected chi connectivity index (χ0v) is 11.7. The predicted octanol–water partition coefficient (Wildman–Crippen LogP) is 1.19. The number of aromatic nitrogens is 1. The third-order valence-corrected chi connectivity index (χ3v) is 2.77. The lowest BCUT2D eigenvalue weighted by atomic mass is 9.87. The van der Waals surface area contributed by atoms with E-state index in [9.17, 15) is 4.79 Å². The van der Waals surface area contributed by atoms with E-state index < -0.39 is 0 Å². The fraction of sp³-hybridized carbons (Fsp3) is 0.455. The molecule has 0 atom stereocenters. The monoisotopic (exact) mass is 292 g/mol. The molecular weight excluding hydrogens is 275 g/mol. The van der Waals surface area contributed by atoms with Crippen LogP contribution in [0.3, 0.4) is 0 Å². The van der Waals surface area contributed by atoms with Gasteiger partial charge >= 0.3 is 0 Å². The van der Waals surface area contributed by atoms with Gasteiger partial charge in [-0.1, -0.05) is 0 Å². The molecule has 18 heavy (non-hydrogen) atoms. The van der Waals surface area contributed by atoms with Crippen molar-refractivity contribution in [3.63, 3.8) is 0 Å². The van der Waals surface area contributed by atoms with E-state index in [0.29, 0.717) is 17.8 Å². The second-order valence-electron chi connectivity index (χ2n) is 4.08. The number of carbonyl (C=O) groups excluding carboxylic acids is 1. The molecule has 2 rings (SSSR count). The molecule has 0 bridgehead atoms. The maximum Gasteiger partial charge on any atom is 0.269 e. The van der Waals surface area contributed by atoms with Crippen molar-refractivity contribution in [2.75, 3.05) is 12.4 Å². The van der Waals surface area contributed by atoms with Crippen LogP contribution in [0, 0.1) is 0 Å². The van der Waals surface area contributed by atoms with Crippen LogP contribution < -0.4 is 16.4 Å². The van der Waals surface area contributed by atoms with Gasteiger partial charge in [0.05, 0.1) is 11.9 Å². The van der Waals surface area contributed by atoms with Gasteiger partial charge < -0.3 is 16.4 Å². The van der Waals surface area contributed by atoms with Crippen molar-refractivity contribution >= 4 is 36.4 Å². The number of carbonyl (C=O) groups is 1. The summed E-state index contributed by atoms with van der Waals surface area (Å²) >= 11 is 0. The van der Waals surface area contributed by atoms with Crippen molar-refractivity contribution in [2.24, 2.45) is 5.73 Å². The van der Waals surface area contributed by atoms with Gasteiger partial charge in [-0.05, 0) is 25.0 Å². The topological polar surface area (TPSA) is 80.0 Å². The number of hydrogen-bond acceptors (Lipinski definition) is 4. The zero-order valence-electron chi connectivity index (χ0n) is 10.1. The maximum absolute atomic E-state index is 11.2. The molecule has 0 unspecified atom stereocenters. The highest BCUT2D eigenvalue weighted by molar-refractivity contribution is 5.92. The quantitative estimate of drug-likeness (QED) is 0.782. The molecule has 5 nitrogen and oxygen atoms in total. The first-order chi connectivity index (χ1) is 7.69. The summed E-state index contributed by atoms with van der Waals surface area (Å²) in [6.45, 7) is 0. The Morgan fingerprint density at radius 3 is 2.50 bits per heavy atom. The third-order valence-electron chi connectivity index (χ3n) is 2.77. The molecule has 1 saturated carbocycles. The van der Waals surface area contributed by atoms with Crippen LogP contribution in [0.1, 0.15) is 23.3 Å². The summed E-state index contributed by atoms with van der Waals surface area (Å²) in [4.78, 5) is 15.3. The highest BCUT2D eigenvalue weighted by Gasteiger charge is 2.25. The minimum absolute atomic E-state index is 0. The molecule has 0 aliphatic heterocycles. The highest BCUT2D eigenvalue weighted by Crippen LogP contribution is 2.22. The first-order valence-electron chi connectivity index (χ1n) is 5.39. The van der Waals surface area contributed by atoms with E-state index in [1.165, 1.54) is 0 Å². The van der Waals surface area contributed by atoms with Crippen LogP contribution in [0.5, 0.6) is 0 Å². The average molecular weight is 293 g/mol. The van der Waals surface area contributed by atoms with Gasteiger partial charge in [-0.3, -0.25) is 4.79 Å². The van der Waals surface area contributed by atoms with Crippen molar-refractivity contribution in [1.82, 2.24) is 10.3 Å². The lowest BCUT2D eigenvalue weighted by Crippen LogP contribution is -2.44. The van der Waals surface area contributed by atoms with Gasteiger partial charge in [-0.15, -0.1) is 24.8 Å². The fourth-order valence-electron chi connectivity index (χ4n) is 1.76. The lowest BCUT2D eigenvalue weighted by molar-refractivity contribution is 0.0958. The average Bonchev–Trinajstić information content (AvgIpc) is 2.27. The van der Waals surface area contributed by atoms with Gasteiger partial charge in [0.15, 0.2) is 0 Å². The van der Waals surface area contributed by atoms with Gasteiger partial charge in [0, 0.05) is 19.1 Å². The van der Waals surface area contributed by atoms with E-state index in [4.69, 9.17) is 5.73 Å². The van der Waals surface area contributed by atoms with Crippen LogP contribution in [-0.2, 0) is 0 Å². The van der Waals surface area contributed by atoms with Crippen molar-refractivity contribution in [1.29, 1.82) is 0 Å². The molecule has 1 fully saturated rings. The Hall–Kier alpha value is -1.04. The van der Waals surface area contributed by atoms with E-state index >= 15 is 0 Å². The van der Waals surface area contributed by atoms with E-state index in [0.717, 1.165) is 18.5 Å². The minimum Gasteiger partial charge on any atom is -0.381 e. The SMILES string of the molecule is CNC(=O)c1ccc(NC2CC(N)C2)cn1.Cl.Cl. The molecule has 102 valence electrons. The maximum atomic E-state index is 11.2. The first-order valence-corrected chi connectivity index (χ1v) is 5.39. The van der Waals surface area contributed by atoms with Crippen LogP contribution in [0.4, 0.5) is 5.69 Å². The van der Waals surface area contributed by atoms with Crippen molar-refractivity contribution < 1.29 is 4.79 Å². The Balaban J connectivity index is 0.00000144. The van der Waals surface area contributed by atoms with Gasteiger partial charge in [-0.25, -0.2) is 4.98 Å². The summed E-state index contributed by atoms with van der Waals surface area (Å²) in [5.41, 5.74) is 7.06. The molecule has 4 N–H and O–H groups in total. The van der Waals surface area contributed by atoms with Crippen molar-refractivity contribution in [2.45, 2.75) is 24.9 Å². The van der Waals surface area contributed by atoms with Crippen LogP contribution in [0.15, 0.2) is 18.3 Å². The number of hydrogen-bond donors (Lipinski definition) is 3. The van der Waals surface area contributed by atoms with Crippen LogP contribution in [0.25, 0.3) is 0 Å². The normalized spacial score (nSPS) is 20.8. The molecule has 0 aromatic carbocycles. The van der Waals surface area contributed by atoms with Crippen LogP contribution >= 0.6 is 24.8 Å². The molecule has 1 aromatic rings. The summed E-state index contributed by atoms with van der Waals surface area (Å²) in [7, 11) is 1.59. The van der Waals surface area contributed by atoms with E-state index in [1.807, 2.05) is 6.07 Å². The summed E-state index contributed by atoms with van der Waals surface area (Å²) in [5, 5.41) is 5.85. The van der Waals surface area contributed by atoms with Crippen LogP contribution in [0.2, 0.25) is 0 Å². The summed E-state index contributed by atoms with van der Waals surface area (Å²) in [5.74, 6) is -0.169. The number of rotatable bonds is 3. The third kappa shape index (κ3) is 4.01. The molecule has 1 amide bonds. The van der Waals surface area contributed by atoms with E-state index in [-0.39, 0.29) is 30.7 Å². The molecule has 7 heteroatoms. The number of amides is 1. The molecule has 1 aromatic heterocycles. The molecule has 1 heterocycles. The van der Waals surface area contributed by atoms with Gasteiger partial charge in [0.1, 0.15) is 5.69 Å². The van der Waals surface area contributed by atoms with Gasteiger partial charge in [0.25, 0.3) is 5.91 Å². The Bertz CT molecular complexity index is 379. The minimum atomic E-state index is -0.169. The highest BCUT2D eigenvalue weighted by atomic mass is 35.5. The molecule has 1 aliphatic rings. The van der Waals surface area contributed by atoms with Gasteiger partial charge in [0.2, 0.25) is 0 Å². The Morgan fingerprint density at radius 1 is 1.39 bits per heavy atom. The molecule has 0 saturated heterocycles. The Labute approximate surface area is 119 Å². The number of pyridine rings is 1. The number of anilines is 1. The molecule has 0 radical (unpaired) electrons. The Kier molecular flexibility index (Phi) is 6.98. The molecule has 0 spiro atoms. The second kappa shape index (κ2) is 7.41. The number of nitrogens with zero attached hydrogens (tertiary/aromatic N) is 1. The molecule has 1 aliphatic carbocycles. The number of nitrogens with one attached hydrogen (secondary N) is 2. The Morgan fingerprint density at radius 2 is 2.06 bits per heavy atom. The molecular formula is C11H18Cl2N4O. The number of nitrogens with two attached hydrogens (primary N) is 1. The van der Waals surface area contributed by atoms with E-state index in [1.54, 1.807) is 19.3 Å². The predicted molar refractivity (Wildman–Crippen MR) is 76.7 cm³/mol. The summed E-state index contributed by atoms with van der Waals surface area (Å²) in [6.07, 6.45) is 3.67. The zero-order chi connectivity index (χ0) is 11.5. The van der Waals surface area contributed by atoms with Crippen LogP contribution in [-0.4, -0.2) is 30.0 Å².